The second-order valence-corrected chi connectivity index (χ2v) is 4.52. The molecule has 0 radical (unpaired) electrons. The van der Waals surface area contributed by atoms with E-state index in [-0.39, 0.29) is 13.2 Å². The number of aliphatic hydroxyl groups excluding tert-OH is 2. The molecule has 0 rings (SSSR count). The molecule has 18 heavy (non-hydrogen) atoms. The van der Waals surface area contributed by atoms with E-state index in [4.69, 9.17) is 15.9 Å². The van der Waals surface area contributed by atoms with Gasteiger partial charge in [0.1, 0.15) is 0 Å². The van der Waals surface area contributed by atoms with Gasteiger partial charge in [0.25, 0.3) is 0 Å². The van der Waals surface area contributed by atoms with Crippen molar-refractivity contribution in [3.63, 3.8) is 0 Å². The van der Waals surface area contributed by atoms with Gasteiger partial charge in [-0.2, -0.15) is 0 Å². The van der Waals surface area contributed by atoms with E-state index < -0.39 is 0 Å². The van der Waals surface area contributed by atoms with Crippen LogP contribution in [0.5, 0.6) is 0 Å². The van der Waals surface area contributed by atoms with Crippen LogP contribution in [-0.2, 0) is 0 Å². The van der Waals surface area contributed by atoms with E-state index >= 15 is 0 Å². The van der Waals surface area contributed by atoms with Crippen LogP contribution in [0.3, 0.4) is 0 Å². The van der Waals surface area contributed by atoms with Gasteiger partial charge < -0.3 is 25.7 Å². The van der Waals surface area contributed by atoms with Crippen LogP contribution in [0.25, 0.3) is 0 Å². The first kappa shape index (κ1) is 22.9. The lowest BCUT2D eigenvalue weighted by Crippen LogP contribution is -2.25. The van der Waals surface area contributed by atoms with Crippen molar-refractivity contribution in [2.24, 2.45) is 5.73 Å². The smallest absolute Gasteiger partial charge is 0.0558 e. The molecule has 0 aromatic carbocycles. The molecule has 0 fully saturated rings. The van der Waals surface area contributed by atoms with Gasteiger partial charge in [0.2, 0.25) is 0 Å². The number of nitrogens with two attached hydrogens (primary N) is 1. The Morgan fingerprint density at radius 2 is 1.28 bits per heavy atom. The second-order valence-electron chi connectivity index (χ2n) is 4.52. The molecule has 4 N–H and O–H groups in total. The molecule has 0 saturated heterocycles. The average molecular weight is 265 g/mol. The van der Waals surface area contributed by atoms with E-state index in [9.17, 15) is 0 Å². The zero-order valence-corrected chi connectivity index (χ0v) is 13.2. The molecule has 0 aliphatic heterocycles. The van der Waals surface area contributed by atoms with Crippen molar-refractivity contribution >= 4 is 0 Å². The molecule has 5 heteroatoms. The van der Waals surface area contributed by atoms with Crippen LogP contribution in [0.15, 0.2) is 0 Å². The van der Waals surface area contributed by atoms with Gasteiger partial charge in [0, 0.05) is 13.1 Å². The van der Waals surface area contributed by atoms with Gasteiger partial charge in [-0.25, -0.2) is 0 Å². The summed E-state index contributed by atoms with van der Waals surface area (Å²) in [6.07, 6.45) is 0. The molecule has 0 atom stereocenters. The quantitative estimate of drug-likeness (QED) is 0.640. The third kappa shape index (κ3) is 36.0. The molecule has 0 aliphatic carbocycles. The molecule has 0 unspecified atom stereocenters. The zero-order chi connectivity index (χ0) is 15.0. The Balaban J connectivity index is -0.000000200. The first-order chi connectivity index (χ1) is 8.35. The highest BCUT2D eigenvalue weighted by Gasteiger charge is 1.93. The normalized spacial score (nSPS) is 10.0. The highest BCUT2D eigenvalue weighted by Crippen LogP contribution is 1.82. The monoisotopic (exact) mass is 265 g/mol. The number of nitrogens with zero attached hydrogens (tertiary/aromatic N) is 2. The Morgan fingerprint density at radius 1 is 0.944 bits per heavy atom. The SMILES string of the molecule is CC(C)N.CCN(CC)CCO.CN(C)CCO. The first-order valence-electron chi connectivity index (χ1n) is 6.69. The van der Waals surface area contributed by atoms with E-state index in [1.807, 2.05) is 32.8 Å². The second kappa shape index (κ2) is 19.1. The van der Waals surface area contributed by atoms with E-state index in [0.717, 1.165) is 26.2 Å². The van der Waals surface area contributed by atoms with Crippen LogP contribution in [-0.4, -0.2) is 79.5 Å². The highest BCUT2D eigenvalue weighted by atomic mass is 16.3. The highest BCUT2D eigenvalue weighted by molar-refractivity contribution is 4.47. The van der Waals surface area contributed by atoms with Crippen LogP contribution in [0, 0.1) is 0 Å². The lowest BCUT2D eigenvalue weighted by atomic mass is 10.5. The van der Waals surface area contributed by atoms with Crippen molar-refractivity contribution in [1.82, 2.24) is 9.80 Å². The summed E-state index contributed by atoms with van der Waals surface area (Å²) in [6, 6.07) is 0.333. The Hall–Kier alpha value is -0.200. The van der Waals surface area contributed by atoms with Gasteiger partial charge in [-0.15, -0.1) is 0 Å². The maximum atomic E-state index is 8.46. The van der Waals surface area contributed by atoms with Crippen LogP contribution in [0.1, 0.15) is 27.7 Å². The summed E-state index contributed by atoms with van der Waals surface area (Å²) in [4.78, 5) is 4.11. The van der Waals surface area contributed by atoms with Gasteiger partial charge in [-0.05, 0) is 33.2 Å². The third-order valence-electron chi connectivity index (χ3n) is 1.86. The van der Waals surface area contributed by atoms with Crippen molar-refractivity contribution in [2.75, 3.05) is 53.5 Å². The van der Waals surface area contributed by atoms with Crippen molar-refractivity contribution in [2.45, 2.75) is 33.7 Å². The lowest BCUT2D eigenvalue weighted by molar-refractivity contribution is 0.208. The molecule has 0 aromatic rings. The summed E-state index contributed by atoms with van der Waals surface area (Å²) < 4.78 is 0. The maximum absolute atomic E-state index is 8.46. The summed E-state index contributed by atoms with van der Waals surface area (Å²) in [6.45, 7) is 12.3. The molecular weight excluding hydrogens is 230 g/mol. The topological polar surface area (TPSA) is 73.0 Å². The predicted molar refractivity (Wildman–Crippen MR) is 79.8 cm³/mol. The molecular formula is C13H35N3O2. The van der Waals surface area contributed by atoms with Gasteiger partial charge in [-0.3, -0.25) is 0 Å². The molecule has 0 saturated carbocycles. The molecule has 5 nitrogen and oxygen atoms in total. The third-order valence-corrected chi connectivity index (χ3v) is 1.86. The van der Waals surface area contributed by atoms with Crippen molar-refractivity contribution in [3.8, 4) is 0 Å². The van der Waals surface area contributed by atoms with E-state index in [1.54, 1.807) is 0 Å². The van der Waals surface area contributed by atoms with Crippen molar-refractivity contribution in [3.05, 3.63) is 0 Å². The summed E-state index contributed by atoms with van der Waals surface area (Å²) in [7, 11) is 3.85. The molecule has 0 bridgehead atoms. The minimum absolute atomic E-state index is 0.257. The Morgan fingerprint density at radius 3 is 1.33 bits per heavy atom. The van der Waals surface area contributed by atoms with E-state index in [2.05, 4.69) is 18.7 Å². The number of hydrogen-bond donors (Lipinski definition) is 3. The Kier molecular flexibility index (Phi) is 24.4. The lowest BCUT2D eigenvalue weighted by Gasteiger charge is -2.15. The molecule has 0 spiro atoms. The van der Waals surface area contributed by atoms with Gasteiger partial charge >= 0.3 is 0 Å². The molecule has 0 heterocycles. The maximum Gasteiger partial charge on any atom is 0.0558 e. The van der Waals surface area contributed by atoms with E-state index in [1.165, 1.54) is 0 Å². The molecule has 0 aliphatic rings. The minimum Gasteiger partial charge on any atom is -0.395 e. The van der Waals surface area contributed by atoms with Crippen LogP contribution in [0.2, 0.25) is 0 Å². The summed E-state index contributed by atoms with van der Waals surface area (Å²) in [5.74, 6) is 0. The van der Waals surface area contributed by atoms with Gasteiger partial charge in [0.05, 0.1) is 13.2 Å². The largest absolute Gasteiger partial charge is 0.395 e. The number of hydrogen-bond acceptors (Lipinski definition) is 5. The average Bonchev–Trinajstić information content (AvgIpc) is 2.25. The van der Waals surface area contributed by atoms with Gasteiger partial charge in [0.15, 0.2) is 0 Å². The fourth-order valence-electron chi connectivity index (χ4n) is 0.881. The minimum atomic E-state index is 0.257. The summed E-state index contributed by atoms with van der Waals surface area (Å²) in [5.41, 5.74) is 5.11. The van der Waals surface area contributed by atoms with Crippen LogP contribution in [0.4, 0.5) is 0 Å². The van der Waals surface area contributed by atoms with Crippen LogP contribution < -0.4 is 5.73 Å². The first-order valence-corrected chi connectivity index (χ1v) is 6.69. The van der Waals surface area contributed by atoms with Crippen molar-refractivity contribution < 1.29 is 10.2 Å². The van der Waals surface area contributed by atoms with Gasteiger partial charge in [-0.1, -0.05) is 27.7 Å². The standard InChI is InChI=1S/C6H15NO.C4H11NO.C3H9N/c1-3-7(4-2)5-6-8;1-5(2)3-4-6;1-3(2)4/h8H,3-6H2,1-2H3;6H,3-4H2,1-2H3;3H,4H2,1-2H3. The van der Waals surface area contributed by atoms with E-state index in [0.29, 0.717) is 6.04 Å². The fraction of sp³-hybridized carbons (Fsp3) is 1.00. The predicted octanol–water partition coefficient (Wildman–Crippen LogP) is 0.214. The molecule has 114 valence electrons. The Bertz CT molecular complexity index is 127. The number of aliphatic hydroxyl groups is 2. The summed E-state index contributed by atoms with van der Waals surface area (Å²) >= 11 is 0. The zero-order valence-electron chi connectivity index (χ0n) is 13.2. The number of rotatable bonds is 6. The number of likely N-dealkylation sites (N-methyl/N-ethyl adjacent to an activating group) is 2. The summed E-state index contributed by atoms with van der Waals surface area (Å²) in [5, 5.41) is 16.7. The van der Waals surface area contributed by atoms with Crippen LogP contribution >= 0.6 is 0 Å². The molecule has 0 aromatic heterocycles. The Labute approximate surface area is 114 Å². The molecule has 0 amide bonds. The fourth-order valence-corrected chi connectivity index (χ4v) is 0.881. The van der Waals surface area contributed by atoms with Crippen molar-refractivity contribution in [1.29, 1.82) is 0 Å².